The lowest BCUT2D eigenvalue weighted by Crippen LogP contribution is -2.30. The molecule has 6 heteroatoms. The van der Waals surface area contributed by atoms with Crippen LogP contribution >= 0.6 is 0 Å². The van der Waals surface area contributed by atoms with Gasteiger partial charge in [-0.2, -0.15) is 0 Å². The van der Waals surface area contributed by atoms with Crippen molar-refractivity contribution in [2.75, 3.05) is 26.0 Å². The van der Waals surface area contributed by atoms with Crippen molar-refractivity contribution in [1.82, 2.24) is 4.90 Å². The number of carbonyl (C=O) groups excluding carboxylic acids is 1. The summed E-state index contributed by atoms with van der Waals surface area (Å²) in [6.45, 7) is 2.29. The largest absolute Gasteiger partial charge is 0.494 e. The number of nitrogens with zero attached hydrogens (tertiary/aromatic N) is 1. The van der Waals surface area contributed by atoms with Crippen LogP contribution in [0.4, 0.5) is 14.5 Å². The summed E-state index contributed by atoms with van der Waals surface area (Å²) >= 11 is 0. The Morgan fingerprint density at radius 2 is 1.96 bits per heavy atom. The van der Waals surface area contributed by atoms with Gasteiger partial charge in [-0.3, -0.25) is 9.69 Å². The molecule has 2 aromatic rings. The minimum absolute atomic E-state index is 0.101. The highest BCUT2D eigenvalue weighted by Crippen LogP contribution is 2.19. The van der Waals surface area contributed by atoms with E-state index in [2.05, 4.69) is 5.32 Å². The predicted molar refractivity (Wildman–Crippen MR) is 89.1 cm³/mol. The zero-order valence-corrected chi connectivity index (χ0v) is 13.9. The Kier molecular flexibility index (Phi) is 5.87. The van der Waals surface area contributed by atoms with Crippen LogP contribution in [-0.4, -0.2) is 31.5 Å². The van der Waals surface area contributed by atoms with Crippen LogP contribution in [0.1, 0.15) is 11.1 Å². The van der Waals surface area contributed by atoms with E-state index in [-0.39, 0.29) is 18.2 Å². The zero-order chi connectivity index (χ0) is 17.7. The fourth-order valence-corrected chi connectivity index (χ4v) is 2.34. The smallest absolute Gasteiger partial charge is 0.238 e. The Balaban J connectivity index is 1.94. The normalized spacial score (nSPS) is 10.8. The van der Waals surface area contributed by atoms with E-state index in [0.717, 1.165) is 11.1 Å². The SMILES string of the molecule is COc1ccc(CN(C)CC(=O)Nc2cc(F)ccc2C)cc1F. The van der Waals surface area contributed by atoms with Gasteiger partial charge in [0.1, 0.15) is 5.82 Å². The minimum atomic E-state index is -0.441. The van der Waals surface area contributed by atoms with Gasteiger partial charge in [0, 0.05) is 12.2 Å². The number of amides is 1. The van der Waals surface area contributed by atoms with Crippen molar-refractivity contribution in [3.8, 4) is 5.75 Å². The van der Waals surface area contributed by atoms with E-state index in [4.69, 9.17) is 4.74 Å². The zero-order valence-electron chi connectivity index (χ0n) is 13.9. The second kappa shape index (κ2) is 7.88. The van der Waals surface area contributed by atoms with E-state index in [0.29, 0.717) is 12.2 Å². The van der Waals surface area contributed by atoms with E-state index in [1.165, 1.54) is 25.3 Å². The Hall–Kier alpha value is -2.47. The topological polar surface area (TPSA) is 41.6 Å². The van der Waals surface area contributed by atoms with Crippen LogP contribution in [0.2, 0.25) is 0 Å². The molecule has 0 fully saturated rings. The lowest BCUT2D eigenvalue weighted by molar-refractivity contribution is -0.117. The van der Waals surface area contributed by atoms with Crippen molar-refractivity contribution in [1.29, 1.82) is 0 Å². The highest BCUT2D eigenvalue weighted by molar-refractivity contribution is 5.92. The summed E-state index contributed by atoms with van der Waals surface area (Å²) in [6, 6.07) is 8.90. The number of rotatable bonds is 6. The number of aryl methyl sites for hydroxylation is 1. The first-order chi connectivity index (χ1) is 11.4. The first-order valence-electron chi connectivity index (χ1n) is 7.46. The van der Waals surface area contributed by atoms with E-state index >= 15 is 0 Å². The molecule has 0 aromatic heterocycles. The van der Waals surface area contributed by atoms with Gasteiger partial charge in [-0.15, -0.1) is 0 Å². The molecule has 0 aliphatic rings. The van der Waals surface area contributed by atoms with Crippen LogP contribution in [0.3, 0.4) is 0 Å². The van der Waals surface area contributed by atoms with Gasteiger partial charge in [-0.1, -0.05) is 12.1 Å². The predicted octanol–water partition coefficient (Wildman–Crippen LogP) is 3.35. The van der Waals surface area contributed by atoms with Gasteiger partial charge in [0.2, 0.25) is 5.91 Å². The number of carbonyl (C=O) groups is 1. The number of hydrogen-bond donors (Lipinski definition) is 1. The number of likely N-dealkylation sites (N-methyl/N-ethyl adjacent to an activating group) is 1. The van der Waals surface area contributed by atoms with Crippen LogP contribution in [-0.2, 0) is 11.3 Å². The number of anilines is 1. The maximum absolute atomic E-state index is 13.7. The molecular formula is C18H20F2N2O2. The minimum Gasteiger partial charge on any atom is -0.494 e. The number of nitrogens with one attached hydrogen (secondary N) is 1. The van der Waals surface area contributed by atoms with Crippen molar-refractivity contribution in [3.63, 3.8) is 0 Å². The van der Waals surface area contributed by atoms with Gasteiger partial charge in [0.25, 0.3) is 0 Å². The van der Waals surface area contributed by atoms with Crippen LogP contribution < -0.4 is 10.1 Å². The molecule has 0 heterocycles. The van der Waals surface area contributed by atoms with Crippen LogP contribution in [0.5, 0.6) is 5.75 Å². The number of halogens is 2. The number of methoxy groups -OCH3 is 1. The third-order valence-electron chi connectivity index (χ3n) is 3.56. The highest BCUT2D eigenvalue weighted by atomic mass is 19.1. The third kappa shape index (κ3) is 4.76. The molecule has 0 saturated carbocycles. The van der Waals surface area contributed by atoms with Gasteiger partial charge in [0.05, 0.1) is 13.7 Å². The van der Waals surface area contributed by atoms with Crippen LogP contribution in [0.25, 0.3) is 0 Å². The van der Waals surface area contributed by atoms with E-state index in [9.17, 15) is 13.6 Å². The Labute approximate surface area is 140 Å². The molecule has 128 valence electrons. The Bertz CT molecular complexity index is 735. The molecule has 1 amide bonds. The van der Waals surface area contributed by atoms with Crippen molar-refractivity contribution in [2.45, 2.75) is 13.5 Å². The lowest BCUT2D eigenvalue weighted by atomic mass is 10.2. The van der Waals surface area contributed by atoms with Crippen molar-refractivity contribution in [2.24, 2.45) is 0 Å². The molecule has 2 aromatic carbocycles. The molecule has 0 radical (unpaired) electrons. The molecule has 4 nitrogen and oxygen atoms in total. The molecule has 0 aliphatic carbocycles. The van der Waals surface area contributed by atoms with Crippen molar-refractivity contribution >= 4 is 11.6 Å². The summed E-state index contributed by atoms with van der Waals surface area (Å²) in [4.78, 5) is 13.8. The molecule has 0 aliphatic heterocycles. The first-order valence-corrected chi connectivity index (χ1v) is 7.46. The van der Waals surface area contributed by atoms with Crippen LogP contribution in [0, 0.1) is 18.6 Å². The van der Waals surface area contributed by atoms with Gasteiger partial charge >= 0.3 is 0 Å². The second-order valence-corrected chi connectivity index (χ2v) is 5.65. The summed E-state index contributed by atoms with van der Waals surface area (Å²) in [5.41, 5.74) is 1.96. The summed E-state index contributed by atoms with van der Waals surface area (Å²) in [7, 11) is 3.16. The fraction of sp³-hybridized carbons (Fsp3) is 0.278. The Morgan fingerprint density at radius 3 is 2.62 bits per heavy atom. The molecule has 24 heavy (non-hydrogen) atoms. The van der Waals surface area contributed by atoms with Gasteiger partial charge in [-0.05, 0) is 49.4 Å². The summed E-state index contributed by atoms with van der Waals surface area (Å²) < 4.78 is 31.8. The summed E-state index contributed by atoms with van der Waals surface area (Å²) in [5, 5.41) is 2.68. The van der Waals surface area contributed by atoms with Crippen molar-refractivity contribution < 1.29 is 18.3 Å². The molecule has 0 spiro atoms. The second-order valence-electron chi connectivity index (χ2n) is 5.65. The van der Waals surface area contributed by atoms with Gasteiger partial charge in [0.15, 0.2) is 11.6 Å². The quantitative estimate of drug-likeness (QED) is 0.881. The molecule has 1 N–H and O–H groups in total. The molecule has 0 bridgehead atoms. The summed E-state index contributed by atoms with van der Waals surface area (Å²) in [5.74, 6) is -0.929. The molecular weight excluding hydrogens is 314 g/mol. The lowest BCUT2D eigenvalue weighted by Gasteiger charge is -2.17. The maximum atomic E-state index is 13.7. The molecule has 0 unspecified atom stereocenters. The molecule has 0 atom stereocenters. The number of ether oxygens (including phenoxy) is 1. The first kappa shape index (κ1) is 17.9. The van der Waals surface area contributed by atoms with E-state index < -0.39 is 11.6 Å². The maximum Gasteiger partial charge on any atom is 0.238 e. The van der Waals surface area contributed by atoms with E-state index in [1.54, 1.807) is 37.1 Å². The number of benzene rings is 2. The molecule has 0 saturated heterocycles. The Morgan fingerprint density at radius 1 is 1.21 bits per heavy atom. The number of hydrogen-bond acceptors (Lipinski definition) is 3. The standard InChI is InChI=1S/C18H20F2N2O2/c1-12-4-6-14(19)9-16(12)21-18(23)11-22(2)10-13-5-7-17(24-3)15(20)8-13/h4-9H,10-11H2,1-3H3,(H,21,23). The monoisotopic (exact) mass is 334 g/mol. The van der Waals surface area contributed by atoms with Gasteiger partial charge in [-0.25, -0.2) is 8.78 Å². The van der Waals surface area contributed by atoms with Crippen molar-refractivity contribution in [3.05, 3.63) is 59.2 Å². The highest BCUT2D eigenvalue weighted by Gasteiger charge is 2.11. The summed E-state index contributed by atoms with van der Waals surface area (Å²) in [6.07, 6.45) is 0. The average molecular weight is 334 g/mol. The van der Waals surface area contributed by atoms with Gasteiger partial charge < -0.3 is 10.1 Å². The molecule has 2 rings (SSSR count). The third-order valence-corrected chi connectivity index (χ3v) is 3.56. The average Bonchev–Trinajstić information content (AvgIpc) is 2.51. The fourth-order valence-electron chi connectivity index (χ4n) is 2.34. The van der Waals surface area contributed by atoms with Crippen LogP contribution in [0.15, 0.2) is 36.4 Å². The van der Waals surface area contributed by atoms with E-state index in [1.807, 2.05) is 0 Å².